The van der Waals surface area contributed by atoms with Crippen LogP contribution in [0.5, 0.6) is 0 Å². The van der Waals surface area contributed by atoms with Crippen molar-refractivity contribution < 1.29 is 14.0 Å². The van der Waals surface area contributed by atoms with Gasteiger partial charge in [-0.1, -0.05) is 18.2 Å². The van der Waals surface area contributed by atoms with Crippen LogP contribution in [0.25, 0.3) is 0 Å². The minimum atomic E-state index is -0.104. The molecule has 1 aromatic carbocycles. The fourth-order valence-corrected chi connectivity index (χ4v) is 4.29. The van der Waals surface area contributed by atoms with E-state index in [9.17, 15) is 9.59 Å². The lowest BCUT2D eigenvalue weighted by atomic mass is 10.2. The molecule has 1 aliphatic heterocycles. The SMILES string of the molecule is O=C(CSc1ccccc1C(=O)N1CCN(c2ccccn2)CC1)NCc1ccco1. The second-order valence-corrected chi connectivity index (χ2v) is 8.13. The molecule has 3 heterocycles. The van der Waals surface area contributed by atoms with Gasteiger partial charge in [-0.3, -0.25) is 9.59 Å². The highest BCUT2D eigenvalue weighted by atomic mass is 32.2. The second kappa shape index (κ2) is 10.2. The van der Waals surface area contributed by atoms with Gasteiger partial charge in [0.15, 0.2) is 0 Å². The number of rotatable bonds is 7. The maximum absolute atomic E-state index is 13.2. The summed E-state index contributed by atoms with van der Waals surface area (Å²) in [7, 11) is 0. The van der Waals surface area contributed by atoms with Gasteiger partial charge in [0.1, 0.15) is 11.6 Å². The van der Waals surface area contributed by atoms with Crippen molar-refractivity contribution in [2.75, 3.05) is 36.8 Å². The first-order valence-corrected chi connectivity index (χ1v) is 11.2. The van der Waals surface area contributed by atoms with Crippen molar-refractivity contribution >= 4 is 29.4 Å². The third-order valence-electron chi connectivity index (χ3n) is 5.06. The van der Waals surface area contributed by atoms with Crippen LogP contribution in [0, 0.1) is 0 Å². The molecule has 7 nitrogen and oxygen atoms in total. The van der Waals surface area contributed by atoms with Crippen LogP contribution in [0.4, 0.5) is 5.82 Å². The Morgan fingerprint density at radius 2 is 1.81 bits per heavy atom. The van der Waals surface area contributed by atoms with Crippen molar-refractivity contribution in [3.05, 3.63) is 78.4 Å². The molecule has 160 valence electrons. The minimum absolute atomic E-state index is 0.000218. The van der Waals surface area contributed by atoms with Crippen LogP contribution in [0.3, 0.4) is 0 Å². The van der Waals surface area contributed by atoms with Gasteiger partial charge in [0.2, 0.25) is 5.91 Å². The quantitative estimate of drug-likeness (QED) is 0.574. The highest BCUT2D eigenvalue weighted by molar-refractivity contribution is 8.00. The van der Waals surface area contributed by atoms with E-state index < -0.39 is 0 Å². The van der Waals surface area contributed by atoms with Gasteiger partial charge >= 0.3 is 0 Å². The maximum Gasteiger partial charge on any atom is 0.255 e. The van der Waals surface area contributed by atoms with E-state index in [1.165, 1.54) is 11.8 Å². The number of aromatic nitrogens is 1. The Balaban J connectivity index is 1.32. The first-order chi connectivity index (χ1) is 15.2. The highest BCUT2D eigenvalue weighted by Crippen LogP contribution is 2.24. The molecule has 0 bridgehead atoms. The summed E-state index contributed by atoms with van der Waals surface area (Å²) < 4.78 is 5.22. The van der Waals surface area contributed by atoms with Gasteiger partial charge in [0.25, 0.3) is 5.91 Å². The van der Waals surface area contributed by atoms with Crippen molar-refractivity contribution in [1.82, 2.24) is 15.2 Å². The molecule has 1 aliphatic rings. The topological polar surface area (TPSA) is 78.7 Å². The van der Waals surface area contributed by atoms with Crippen molar-refractivity contribution in [2.24, 2.45) is 0 Å². The predicted molar refractivity (Wildman–Crippen MR) is 120 cm³/mol. The Morgan fingerprint density at radius 1 is 1.00 bits per heavy atom. The number of nitrogens with zero attached hydrogens (tertiary/aromatic N) is 3. The van der Waals surface area contributed by atoms with Gasteiger partial charge < -0.3 is 19.5 Å². The molecule has 4 rings (SSSR count). The van der Waals surface area contributed by atoms with Crippen molar-refractivity contribution in [1.29, 1.82) is 0 Å². The van der Waals surface area contributed by atoms with Gasteiger partial charge in [0, 0.05) is 37.3 Å². The molecule has 2 amide bonds. The first kappa shape index (κ1) is 21.0. The van der Waals surface area contributed by atoms with E-state index in [1.54, 1.807) is 18.5 Å². The Hall–Kier alpha value is -3.26. The minimum Gasteiger partial charge on any atom is -0.467 e. The lowest BCUT2D eigenvalue weighted by Gasteiger charge is -2.35. The molecule has 0 aliphatic carbocycles. The fourth-order valence-electron chi connectivity index (χ4n) is 3.41. The number of furan rings is 1. The van der Waals surface area contributed by atoms with Crippen LogP contribution in [0.1, 0.15) is 16.1 Å². The molecule has 0 atom stereocenters. The van der Waals surface area contributed by atoms with Gasteiger partial charge in [-0.2, -0.15) is 0 Å². The number of piperazine rings is 1. The largest absolute Gasteiger partial charge is 0.467 e. The molecule has 0 radical (unpaired) electrons. The zero-order chi connectivity index (χ0) is 21.5. The second-order valence-electron chi connectivity index (χ2n) is 7.11. The number of carbonyl (C=O) groups is 2. The molecule has 0 unspecified atom stereocenters. The van der Waals surface area contributed by atoms with Crippen LogP contribution in [-0.4, -0.2) is 53.6 Å². The van der Waals surface area contributed by atoms with Crippen LogP contribution in [0.15, 0.2) is 76.4 Å². The zero-order valence-electron chi connectivity index (χ0n) is 17.1. The lowest BCUT2D eigenvalue weighted by molar-refractivity contribution is -0.118. The maximum atomic E-state index is 13.2. The highest BCUT2D eigenvalue weighted by Gasteiger charge is 2.24. The van der Waals surface area contributed by atoms with E-state index in [2.05, 4.69) is 15.2 Å². The summed E-state index contributed by atoms with van der Waals surface area (Å²) in [4.78, 5) is 34.6. The van der Waals surface area contributed by atoms with Crippen molar-refractivity contribution in [3.8, 4) is 0 Å². The number of pyridine rings is 1. The van der Waals surface area contributed by atoms with E-state index >= 15 is 0 Å². The van der Waals surface area contributed by atoms with Crippen molar-refractivity contribution in [3.63, 3.8) is 0 Å². The smallest absolute Gasteiger partial charge is 0.255 e. The molecule has 0 saturated carbocycles. The monoisotopic (exact) mass is 436 g/mol. The van der Waals surface area contributed by atoms with E-state index in [1.807, 2.05) is 53.4 Å². The molecule has 1 N–H and O–H groups in total. The van der Waals surface area contributed by atoms with E-state index in [-0.39, 0.29) is 17.6 Å². The number of benzene rings is 1. The first-order valence-electron chi connectivity index (χ1n) is 10.2. The summed E-state index contributed by atoms with van der Waals surface area (Å²) in [6.07, 6.45) is 3.36. The molecule has 1 saturated heterocycles. The van der Waals surface area contributed by atoms with E-state index in [4.69, 9.17) is 4.42 Å². The molecular formula is C23H24N4O3S. The van der Waals surface area contributed by atoms with Crippen LogP contribution in [-0.2, 0) is 11.3 Å². The normalized spacial score (nSPS) is 13.8. The molecule has 2 aromatic heterocycles. The zero-order valence-corrected chi connectivity index (χ0v) is 17.9. The summed E-state index contributed by atoms with van der Waals surface area (Å²) in [5, 5.41) is 2.83. The molecule has 1 fully saturated rings. The number of hydrogen-bond acceptors (Lipinski definition) is 6. The number of anilines is 1. The number of thioether (sulfide) groups is 1. The van der Waals surface area contributed by atoms with Crippen molar-refractivity contribution in [2.45, 2.75) is 11.4 Å². The lowest BCUT2D eigenvalue weighted by Crippen LogP contribution is -2.49. The summed E-state index contributed by atoms with van der Waals surface area (Å²) in [6.45, 7) is 3.12. The summed E-state index contributed by atoms with van der Waals surface area (Å²) in [5.74, 6) is 1.77. The van der Waals surface area contributed by atoms with Crippen LogP contribution >= 0.6 is 11.8 Å². The summed E-state index contributed by atoms with van der Waals surface area (Å²) in [5.41, 5.74) is 0.637. The number of hydrogen-bond donors (Lipinski definition) is 1. The van der Waals surface area contributed by atoms with Gasteiger partial charge in [-0.05, 0) is 36.4 Å². The standard InChI is InChI=1S/C23H24N4O3S/c28-22(25-16-18-6-5-15-30-18)17-31-20-8-2-1-7-19(20)23(29)27-13-11-26(12-14-27)21-9-3-4-10-24-21/h1-10,15H,11-14,16-17H2,(H,25,28). The van der Waals surface area contributed by atoms with E-state index in [0.29, 0.717) is 31.0 Å². The molecule has 31 heavy (non-hydrogen) atoms. The third kappa shape index (κ3) is 5.46. The Bertz CT molecular complexity index is 1000. The average molecular weight is 437 g/mol. The van der Waals surface area contributed by atoms with Gasteiger partial charge in [-0.25, -0.2) is 4.98 Å². The third-order valence-corrected chi connectivity index (χ3v) is 6.13. The number of carbonyl (C=O) groups excluding carboxylic acids is 2. The number of nitrogens with one attached hydrogen (secondary N) is 1. The Morgan fingerprint density at radius 3 is 2.55 bits per heavy atom. The fraction of sp³-hybridized carbons (Fsp3) is 0.261. The Labute approximate surface area is 185 Å². The molecule has 3 aromatic rings. The molecular weight excluding hydrogens is 412 g/mol. The van der Waals surface area contributed by atoms with Crippen LogP contribution < -0.4 is 10.2 Å². The average Bonchev–Trinajstić information content (AvgIpc) is 3.36. The summed E-state index contributed by atoms with van der Waals surface area (Å²) in [6, 6.07) is 16.9. The van der Waals surface area contributed by atoms with Gasteiger partial charge in [0.05, 0.1) is 24.1 Å². The Kier molecular flexibility index (Phi) is 6.89. The number of amides is 2. The molecule has 0 spiro atoms. The van der Waals surface area contributed by atoms with E-state index in [0.717, 1.165) is 23.8 Å². The summed E-state index contributed by atoms with van der Waals surface area (Å²) >= 11 is 1.37. The predicted octanol–water partition coefficient (Wildman–Crippen LogP) is 3.05. The van der Waals surface area contributed by atoms with Crippen LogP contribution in [0.2, 0.25) is 0 Å². The van der Waals surface area contributed by atoms with Gasteiger partial charge in [-0.15, -0.1) is 11.8 Å². The molecule has 8 heteroatoms.